The molecule has 0 aliphatic carbocycles. The molecule has 1 aliphatic heterocycles. The van der Waals surface area contributed by atoms with Crippen LogP contribution < -0.4 is 10.1 Å². The van der Waals surface area contributed by atoms with Crippen LogP contribution in [0.4, 0.5) is 5.69 Å². The van der Waals surface area contributed by atoms with Crippen LogP contribution in [-0.2, 0) is 11.2 Å². The summed E-state index contributed by atoms with van der Waals surface area (Å²) in [5, 5.41) is 2.91. The van der Waals surface area contributed by atoms with Gasteiger partial charge in [0.25, 0.3) is 0 Å². The number of ether oxygens (including phenoxy) is 1. The maximum Gasteiger partial charge on any atom is 0.224 e. The van der Waals surface area contributed by atoms with Gasteiger partial charge in [-0.25, -0.2) is 0 Å². The van der Waals surface area contributed by atoms with Crippen LogP contribution in [-0.4, -0.2) is 12.5 Å². The fraction of sp³-hybridized carbons (Fsp3) is 0.462. The molecule has 0 atom stereocenters. The van der Waals surface area contributed by atoms with Gasteiger partial charge in [0, 0.05) is 12.8 Å². The van der Waals surface area contributed by atoms with Crippen molar-refractivity contribution in [3.8, 4) is 5.75 Å². The summed E-state index contributed by atoms with van der Waals surface area (Å²) in [6.45, 7) is 4.78. The Labute approximate surface area is 95.8 Å². The highest BCUT2D eigenvalue weighted by Gasteiger charge is 2.17. The van der Waals surface area contributed by atoms with Crippen LogP contribution in [0.3, 0.4) is 0 Å². The van der Waals surface area contributed by atoms with E-state index in [0.29, 0.717) is 18.9 Å². The third-order valence-electron chi connectivity index (χ3n) is 2.58. The molecule has 3 heteroatoms. The highest BCUT2D eigenvalue weighted by molar-refractivity contribution is 5.92. The SMILES string of the molecule is CC(C)CC(=O)Nc1cccc2c1OCC2. The molecule has 2 rings (SSSR count). The monoisotopic (exact) mass is 219 g/mol. The summed E-state index contributed by atoms with van der Waals surface area (Å²) >= 11 is 0. The average molecular weight is 219 g/mol. The standard InChI is InChI=1S/C13H17NO2/c1-9(2)8-12(15)14-11-5-3-4-10-6-7-16-13(10)11/h3-5,9H,6-8H2,1-2H3,(H,14,15). The van der Waals surface area contributed by atoms with Gasteiger partial charge in [0.15, 0.2) is 0 Å². The molecule has 0 saturated heterocycles. The van der Waals surface area contributed by atoms with E-state index in [2.05, 4.69) is 5.32 Å². The van der Waals surface area contributed by atoms with Gasteiger partial charge >= 0.3 is 0 Å². The van der Waals surface area contributed by atoms with Crippen molar-refractivity contribution in [3.63, 3.8) is 0 Å². The lowest BCUT2D eigenvalue weighted by Gasteiger charge is -2.10. The highest BCUT2D eigenvalue weighted by Crippen LogP contribution is 2.33. The fourth-order valence-corrected chi connectivity index (χ4v) is 1.89. The summed E-state index contributed by atoms with van der Waals surface area (Å²) in [7, 11) is 0. The molecule has 3 nitrogen and oxygen atoms in total. The Morgan fingerprint density at radius 3 is 3.06 bits per heavy atom. The van der Waals surface area contributed by atoms with Crippen molar-refractivity contribution in [2.75, 3.05) is 11.9 Å². The summed E-state index contributed by atoms with van der Waals surface area (Å²) in [5.41, 5.74) is 1.99. The molecule has 1 aromatic rings. The molecule has 1 N–H and O–H groups in total. The number of rotatable bonds is 3. The third kappa shape index (κ3) is 2.35. The van der Waals surface area contributed by atoms with E-state index in [0.717, 1.165) is 17.9 Å². The molecule has 1 aromatic carbocycles. The highest BCUT2D eigenvalue weighted by atomic mass is 16.5. The number of hydrogen-bond acceptors (Lipinski definition) is 2. The van der Waals surface area contributed by atoms with Gasteiger partial charge in [-0.2, -0.15) is 0 Å². The summed E-state index contributed by atoms with van der Waals surface area (Å²) in [5.74, 6) is 1.27. The molecule has 1 heterocycles. The quantitative estimate of drug-likeness (QED) is 0.848. The molecule has 0 aromatic heterocycles. The van der Waals surface area contributed by atoms with E-state index in [1.807, 2.05) is 32.0 Å². The lowest BCUT2D eigenvalue weighted by atomic mass is 10.1. The van der Waals surface area contributed by atoms with Crippen LogP contribution in [0.2, 0.25) is 0 Å². The smallest absolute Gasteiger partial charge is 0.224 e. The van der Waals surface area contributed by atoms with Crippen LogP contribution in [0.5, 0.6) is 5.75 Å². The van der Waals surface area contributed by atoms with Crippen molar-refractivity contribution < 1.29 is 9.53 Å². The number of amides is 1. The third-order valence-corrected chi connectivity index (χ3v) is 2.58. The molecule has 0 fully saturated rings. The van der Waals surface area contributed by atoms with Gasteiger partial charge in [0.2, 0.25) is 5.91 Å². The average Bonchev–Trinajstić information content (AvgIpc) is 2.65. The zero-order chi connectivity index (χ0) is 11.5. The molecule has 0 spiro atoms. The number of fused-ring (bicyclic) bond motifs is 1. The summed E-state index contributed by atoms with van der Waals surface area (Å²) < 4.78 is 5.52. The van der Waals surface area contributed by atoms with Crippen molar-refractivity contribution >= 4 is 11.6 Å². The zero-order valence-corrected chi connectivity index (χ0v) is 9.75. The van der Waals surface area contributed by atoms with Gasteiger partial charge in [-0.05, 0) is 17.5 Å². The lowest BCUT2D eigenvalue weighted by Crippen LogP contribution is -2.14. The minimum atomic E-state index is 0.0545. The van der Waals surface area contributed by atoms with Gasteiger partial charge in [-0.1, -0.05) is 26.0 Å². The molecule has 1 amide bonds. The van der Waals surface area contributed by atoms with Gasteiger partial charge in [-0.15, -0.1) is 0 Å². The topological polar surface area (TPSA) is 38.3 Å². The van der Waals surface area contributed by atoms with Gasteiger partial charge < -0.3 is 10.1 Å². The maximum atomic E-state index is 11.7. The first kappa shape index (κ1) is 11.0. The number of nitrogens with one attached hydrogen (secondary N) is 1. The Bertz CT molecular complexity index is 399. The van der Waals surface area contributed by atoms with E-state index < -0.39 is 0 Å². The van der Waals surface area contributed by atoms with E-state index in [4.69, 9.17) is 4.74 Å². The normalized spacial score (nSPS) is 13.4. The van der Waals surface area contributed by atoms with Crippen molar-refractivity contribution in [1.82, 2.24) is 0 Å². The number of hydrogen-bond donors (Lipinski definition) is 1. The molecule has 16 heavy (non-hydrogen) atoms. The Hall–Kier alpha value is -1.51. The van der Waals surface area contributed by atoms with Crippen LogP contribution >= 0.6 is 0 Å². The second-order valence-electron chi connectivity index (χ2n) is 4.54. The predicted octanol–water partition coefficient (Wildman–Crippen LogP) is 2.61. The van der Waals surface area contributed by atoms with E-state index in [1.54, 1.807) is 0 Å². The van der Waals surface area contributed by atoms with Gasteiger partial charge in [-0.3, -0.25) is 4.79 Å². The first-order valence-corrected chi connectivity index (χ1v) is 5.71. The van der Waals surface area contributed by atoms with E-state index in [9.17, 15) is 4.79 Å². The Morgan fingerprint density at radius 2 is 2.31 bits per heavy atom. The Morgan fingerprint density at radius 1 is 1.50 bits per heavy atom. The summed E-state index contributed by atoms with van der Waals surface area (Å²) in [6.07, 6.45) is 1.48. The second-order valence-corrected chi connectivity index (χ2v) is 4.54. The number of carbonyl (C=O) groups is 1. The summed E-state index contributed by atoms with van der Waals surface area (Å²) in [6, 6.07) is 5.89. The molecule has 1 aliphatic rings. The predicted molar refractivity (Wildman–Crippen MR) is 63.7 cm³/mol. The number of para-hydroxylation sites is 1. The van der Waals surface area contributed by atoms with Crippen LogP contribution in [0.25, 0.3) is 0 Å². The molecule has 86 valence electrons. The van der Waals surface area contributed by atoms with Crippen LogP contribution in [0, 0.1) is 5.92 Å². The molecule has 0 unspecified atom stereocenters. The van der Waals surface area contributed by atoms with Gasteiger partial charge in [0.05, 0.1) is 12.3 Å². The number of anilines is 1. The molecule has 0 radical (unpaired) electrons. The molecular weight excluding hydrogens is 202 g/mol. The summed E-state index contributed by atoms with van der Waals surface area (Å²) in [4.78, 5) is 11.7. The van der Waals surface area contributed by atoms with E-state index >= 15 is 0 Å². The zero-order valence-electron chi connectivity index (χ0n) is 9.75. The van der Waals surface area contributed by atoms with Crippen LogP contribution in [0.1, 0.15) is 25.8 Å². The van der Waals surface area contributed by atoms with Gasteiger partial charge in [0.1, 0.15) is 5.75 Å². The largest absolute Gasteiger partial charge is 0.491 e. The first-order valence-electron chi connectivity index (χ1n) is 5.71. The Kier molecular flexibility index (Phi) is 3.13. The lowest BCUT2D eigenvalue weighted by molar-refractivity contribution is -0.116. The maximum absolute atomic E-state index is 11.7. The van der Waals surface area contributed by atoms with Crippen LogP contribution in [0.15, 0.2) is 18.2 Å². The van der Waals surface area contributed by atoms with E-state index in [-0.39, 0.29) is 5.91 Å². The number of benzene rings is 1. The molecule has 0 bridgehead atoms. The van der Waals surface area contributed by atoms with Crippen molar-refractivity contribution in [3.05, 3.63) is 23.8 Å². The van der Waals surface area contributed by atoms with Crippen molar-refractivity contribution in [2.45, 2.75) is 26.7 Å². The minimum absolute atomic E-state index is 0.0545. The molecule has 0 saturated carbocycles. The molecular formula is C13H17NO2. The Balaban J connectivity index is 2.10. The van der Waals surface area contributed by atoms with Crippen molar-refractivity contribution in [1.29, 1.82) is 0 Å². The number of carbonyl (C=O) groups excluding carboxylic acids is 1. The van der Waals surface area contributed by atoms with E-state index in [1.165, 1.54) is 5.56 Å². The first-order chi connectivity index (χ1) is 7.66. The fourth-order valence-electron chi connectivity index (χ4n) is 1.89. The van der Waals surface area contributed by atoms with Crippen molar-refractivity contribution in [2.24, 2.45) is 5.92 Å². The minimum Gasteiger partial charge on any atom is -0.491 e. The second kappa shape index (κ2) is 4.56.